The summed E-state index contributed by atoms with van der Waals surface area (Å²) in [5, 5.41) is 0. The highest BCUT2D eigenvalue weighted by Gasteiger charge is 2.43. The zero-order valence-electron chi connectivity index (χ0n) is 11.0. The van der Waals surface area contributed by atoms with Crippen LogP contribution < -0.4 is 0 Å². The van der Waals surface area contributed by atoms with Crippen molar-refractivity contribution in [2.24, 2.45) is 0 Å². The lowest BCUT2D eigenvalue weighted by molar-refractivity contribution is -0.00261. The third kappa shape index (κ3) is 2.77. The van der Waals surface area contributed by atoms with Gasteiger partial charge in [-0.25, -0.2) is 13.2 Å². The minimum absolute atomic E-state index is 0.0648. The first-order valence-corrected chi connectivity index (χ1v) is 7.77. The van der Waals surface area contributed by atoms with Crippen molar-refractivity contribution >= 4 is 16.1 Å². The van der Waals surface area contributed by atoms with E-state index in [9.17, 15) is 13.2 Å². The van der Waals surface area contributed by atoms with Crippen molar-refractivity contribution in [2.45, 2.75) is 38.8 Å². The number of carbonyl (C=O) groups excluding carboxylic acids is 1. The van der Waals surface area contributed by atoms with Gasteiger partial charge in [0, 0.05) is 19.6 Å². The average Bonchev–Trinajstić information content (AvgIpc) is 2.40. The van der Waals surface area contributed by atoms with E-state index in [-0.39, 0.29) is 17.9 Å². The second-order valence-electron chi connectivity index (χ2n) is 5.82. The maximum absolute atomic E-state index is 11.7. The number of nitrogens with zero attached hydrogens (tertiary/aromatic N) is 2. The van der Waals surface area contributed by atoms with Crippen molar-refractivity contribution in [1.29, 1.82) is 0 Å². The number of sulfonamides is 1. The van der Waals surface area contributed by atoms with Crippen LogP contribution in [0.25, 0.3) is 0 Å². The number of hydrogen-bond donors (Lipinski definition) is 0. The molecule has 2 fully saturated rings. The first kappa shape index (κ1) is 13.6. The molecule has 0 aliphatic carbocycles. The highest BCUT2D eigenvalue weighted by Crippen LogP contribution is 2.24. The number of likely N-dealkylation sites (tertiary alicyclic amines) is 1. The fourth-order valence-electron chi connectivity index (χ4n) is 2.18. The molecule has 0 aromatic carbocycles. The lowest BCUT2D eigenvalue weighted by Crippen LogP contribution is -2.61. The third-order valence-electron chi connectivity index (χ3n) is 3.06. The number of amides is 1. The molecule has 2 heterocycles. The Kier molecular flexibility index (Phi) is 3.31. The van der Waals surface area contributed by atoms with Crippen LogP contribution in [0.15, 0.2) is 0 Å². The maximum Gasteiger partial charge on any atom is 0.410 e. The zero-order valence-corrected chi connectivity index (χ0v) is 11.9. The standard InChI is InChI=1S/C11H20N2O4S/c1-11(2,3)17-10(14)12-7-9(8-12)13-5-4-6-18(13,15)16/h9H,4-8H2,1-3H3. The second-order valence-corrected chi connectivity index (χ2v) is 7.86. The van der Waals surface area contributed by atoms with E-state index in [1.54, 1.807) is 4.90 Å². The van der Waals surface area contributed by atoms with E-state index in [1.807, 2.05) is 20.8 Å². The van der Waals surface area contributed by atoms with Crippen LogP contribution >= 0.6 is 0 Å². The van der Waals surface area contributed by atoms with Crippen LogP contribution in [0.3, 0.4) is 0 Å². The van der Waals surface area contributed by atoms with Gasteiger partial charge in [-0.05, 0) is 27.2 Å². The molecule has 18 heavy (non-hydrogen) atoms. The Morgan fingerprint density at radius 1 is 1.28 bits per heavy atom. The van der Waals surface area contributed by atoms with Crippen molar-refractivity contribution in [1.82, 2.24) is 9.21 Å². The number of carbonyl (C=O) groups is 1. The molecule has 0 bridgehead atoms. The van der Waals surface area contributed by atoms with Gasteiger partial charge in [0.15, 0.2) is 0 Å². The molecule has 0 radical (unpaired) electrons. The summed E-state index contributed by atoms with van der Waals surface area (Å²) in [5.41, 5.74) is -0.512. The van der Waals surface area contributed by atoms with Gasteiger partial charge in [-0.1, -0.05) is 0 Å². The molecule has 6 nitrogen and oxygen atoms in total. The Bertz CT molecular complexity index is 434. The van der Waals surface area contributed by atoms with Crippen LogP contribution in [0.1, 0.15) is 27.2 Å². The van der Waals surface area contributed by atoms with Gasteiger partial charge in [0.2, 0.25) is 10.0 Å². The Labute approximate surface area is 108 Å². The molecule has 0 N–H and O–H groups in total. The van der Waals surface area contributed by atoms with E-state index in [4.69, 9.17) is 4.74 Å². The molecule has 0 aromatic heterocycles. The molecule has 2 saturated heterocycles. The van der Waals surface area contributed by atoms with Crippen LogP contribution in [-0.2, 0) is 14.8 Å². The molecule has 1 amide bonds. The fraction of sp³-hybridized carbons (Fsp3) is 0.909. The van der Waals surface area contributed by atoms with Gasteiger partial charge in [0.1, 0.15) is 5.60 Å². The van der Waals surface area contributed by atoms with E-state index in [0.29, 0.717) is 26.1 Å². The molecule has 7 heteroatoms. The van der Waals surface area contributed by atoms with E-state index >= 15 is 0 Å². The smallest absolute Gasteiger partial charge is 0.410 e. The zero-order chi connectivity index (χ0) is 13.6. The van der Waals surface area contributed by atoms with Crippen LogP contribution in [0.5, 0.6) is 0 Å². The molecule has 2 aliphatic rings. The summed E-state index contributed by atoms with van der Waals surface area (Å²) in [6.07, 6.45) is 0.320. The molecule has 0 aromatic rings. The molecule has 2 rings (SSSR count). The Hall–Kier alpha value is -0.820. The largest absolute Gasteiger partial charge is 0.444 e. The number of rotatable bonds is 1. The molecule has 0 unspecified atom stereocenters. The van der Waals surface area contributed by atoms with Gasteiger partial charge in [0.25, 0.3) is 0 Å². The molecule has 104 valence electrons. The first-order valence-electron chi connectivity index (χ1n) is 6.16. The summed E-state index contributed by atoms with van der Waals surface area (Å²) in [7, 11) is -3.08. The predicted molar refractivity (Wildman–Crippen MR) is 66.7 cm³/mol. The SMILES string of the molecule is CC(C)(C)OC(=O)N1CC(N2CCCS2(=O)=O)C1. The topological polar surface area (TPSA) is 66.9 Å². The molecular formula is C11H20N2O4S. The monoisotopic (exact) mass is 276 g/mol. The second kappa shape index (κ2) is 4.38. The van der Waals surface area contributed by atoms with Gasteiger partial charge in [0.05, 0.1) is 11.8 Å². The van der Waals surface area contributed by atoms with Crippen LogP contribution in [0.2, 0.25) is 0 Å². The lowest BCUT2D eigenvalue weighted by atomic mass is 10.1. The van der Waals surface area contributed by atoms with Crippen molar-refractivity contribution in [3.8, 4) is 0 Å². The number of hydrogen-bond acceptors (Lipinski definition) is 4. The Morgan fingerprint density at radius 2 is 1.89 bits per heavy atom. The van der Waals surface area contributed by atoms with Crippen LogP contribution in [-0.4, -0.2) is 60.7 Å². The summed E-state index contributed by atoms with van der Waals surface area (Å²) in [4.78, 5) is 13.2. The van der Waals surface area contributed by atoms with E-state index < -0.39 is 15.6 Å². The average molecular weight is 276 g/mol. The minimum atomic E-state index is -3.08. The first-order chi connectivity index (χ1) is 8.19. The van der Waals surface area contributed by atoms with Crippen molar-refractivity contribution in [3.05, 3.63) is 0 Å². The quantitative estimate of drug-likeness (QED) is 0.705. The van der Waals surface area contributed by atoms with Gasteiger partial charge < -0.3 is 9.64 Å². The Balaban J connectivity index is 1.86. The molecule has 0 spiro atoms. The lowest BCUT2D eigenvalue weighted by Gasteiger charge is -2.43. The summed E-state index contributed by atoms with van der Waals surface area (Å²) in [6, 6.07) is -0.0648. The summed E-state index contributed by atoms with van der Waals surface area (Å²) in [5.74, 6) is 0.232. The molecule has 0 saturated carbocycles. The third-order valence-corrected chi connectivity index (χ3v) is 5.06. The van der Waals surface area contributed by atoms with Gasteiger partial charge in [-0.15, -0.1) is 0 Å². The minimum Gasteiger partial charge on any atom is -0.444 e. The van der Waals surface area contributed by atoms with E-state index in [0.717, 1.165) is 0 Å². The predicted octanol–water partition coefficient (Wildman–Crippen LogP) is 0.641. The van der Waals surface area contributed by atoms with Crippen molar-refractivity contribution in [2.75, 3.05) is 25.4 Å². The molecule has 2 aliphatic heterocycles. The van der Waals surface area contributed by atoms with E-state index in [1.165, 1.54) is 4.31 Å². The highest BCUT2D eigenvalue weighted by molar-refractivity contribution is 7.89. The van der Waals surface area contributed by atoms with Gasteiger partial charge >= 0.3 is 6.09 Å². The van der Waals surface area contributed by atoms with Gasteiger partial charge in [-0.2, -0.15) is 4.31 Å². The van der Waals surface area contributed by atoms with Crippen LogP contribution in [0, 0.1) is 0 Å². The fourth-order valence-corrected chi connectivity index (χ4v) is 3.91. The molecular weight excluding hydrogens is 256 g/mol. The molecule has 0 atom stereocenters. The van der Waals surface area contributed by atoms with E-state index in [2.05, 4.69) is 0 Å². The Morgan fingerprint density at radius 3 is 2.33 bits per heavy atom. The summed E-state index contributed by atoms with van der Waals surface area (Å²) < 4.78 is 30.1. The number of ether oxygens (including phenoxy) is 1. The van der Waals surface area contributed by atoms with Crippen molar-refractivity contribution < 1.29 is 17.9 Å². The highest BCUT2D eigenvalue weighted by atomic mass is 32.2. The summed E-state index contributed by atoms with van der Waals surface area (Å²) in [6.45, 7) is 6.89. The normalized spacial score (nSPS) is 24.9. The summed E-state index contributed by atoms with van der Waals surface area (Å²) >= 11 is 0. The van der Waals surface area contributed by atoms with Crippen LogP contribution in [0.4, 0.5) is 4.79 Å². The maximum atomic E-state index is 11.7. The van der Waals surface area contributed by atoms with Gasteiger partial charge in [-0.3, -0.25) is 0 Å². The van der Waals surface area contributed by atoms with Crippen molar-refractivity contribution in [3.63, 3.8) is 0 Å².